The summed E-state index contributed by atoms with van der Waals surface area (Å²) in [5, 5.41) is 3.16. The van der Waals surface area contributed by atoms with Crippen molar-refractivity contribution < 1.29 is 31.9 Å². The maximum atomic E-state index is 14.0. The van der Waals surface area contributed by atoms with E-state index in [1.54, 1.807) is 35.2 Å². The summed E-state index contributed by atoms with van der Waals surface area (Å²) in [6.07, 6.45) is 5.53. The van der Waals surface area contributed by atoms with E-state index in [0.717, 1.165) is 37.5 Å². The van der Waals surface area contributed by atoms with Gasteiger partial charge in [-0.3, -0.25) is 13.9 Å². The molecule has 44 heavy (non-hydrogen) atoms. The van der Waals surface area contributed by atoms with Crippen LogP contribution in [-0.4, -0.2) is 56.8 Å². The summed E-state index contributed by atoms with van der Waals surface area (Å²) in [5.74, 6) is 0.0741. The number of nitrogens with zero attached hydrogens (tertiary/aromatic N) is 2. The summed E-state index contributed by atoms with van der Waals surface area (Å²) in [4.78, 5) is 29.3. The molecule has 0 aromatic heterocycles. The summed E-state index contributed by atoms with van der Waals surface area (Å²) >= 11 is 0. The molecule has 9 nitrogen and oxygen atoms in total. The fourth-order valence-electron chi connectivity index (χ4n) is 5.75. The molecule has 1 heterocycles. The molecule has 1 unspecified atom stereocenters. The van der Waals surface area contributed by atoms with E-state index in [1.165, 1.54) is 16.4 Å². The Balaban J connectivity index is 1.37. The monoisotopic (exact) mass is 623 g/mol. The lowest BCUT2D eigenvalue weighted by Gasteiger charge is -2.33. The zero-order valence-electron chi connectivity index (χ0n) is 24.8. The SMILES string of the molecule is CS(=O)(=O)N(CCCC(=O)N(Cc1ccc(F)cc1)C(Cc1ccccc1)C(=O)NC1CCCC1)c1ccc2c(c1)OCO2. The highest BCUT2D eigenvalue weighted by molar-refractivity contribution is 7.92. The molecule has 1 atom stereocenters. The van der Waals surface area contributed by atoms with Gasteiger partial charge in [0.05, 0.1) is 11.9 Å². The van der Waals surface area contributed by atoms with Crippen LogP contribution in [-0.2, 0) is 32.6 Å². The molecule has 1 aliphatic carbocycles. The quantitative estimate of drug-likeness (QED) is 0.293. The molecule has 2 amide bonds. The number of ether oxygens (including phenoxy) is 2. The molecule has 0 bridgehead atoms. The van der Waals surface area contributed by atoms with Gasteiger partial charge in [-0.2, -0.15) is 0 Å². The van der Waals surface area contributed by atoms with Crippen molar-refractivity contribution in [3.63, 3.8) is 0 Å². The Morgan fingerprint density at radius 3 is 2.36 bits per heavy atom. The minimum absolute atomic E-state index is 0.000233. The van der Waals surface area contributed by atoms with Crippen LogP contribution in [0.2, 0.25) is 0 Å². The lowest BCUT2D eigenvalue weighted by Crippen LogP contribution is -2.52. The smallest absolute Gasteiger partial charge is 0.243 e. The van der Waals surface area contributed by atoms with Crippen molar-refractivity contribution in [1.82, 2.24) is 10.2 Å². The summed E-state index contributed by atoms with van der Waals surface area (Å²) in [6, 6.07) is 19.6. The first-order valence-corrected chi connectivity index (χ1v) is 16.8. The van der Waals surface area contributed by atoms with E-state index in [4.69, 9.17) is 9.47 Å². The van der Waals surface area contributed by atoms with Crippen molar-refractivity contribution in [1.29, 1.82) is 0 Å². The number of nitrogens with one attached hydrogen (secondary N) is 1. The molecule has 1 aliphatic heterocycles. The number of rotatable bonds is 13. The number of carbonyl (C=O) groups is 2. The third-order valence-corrected chi connectivity index (χ3v) is 9.23. The van der Waals surface area contributed by atoms with Gasteiger partial charge >= 0.3 is 0 Å². The van der Waals surface area contributed by atoms with E-state index in [2.05, 4.69) is 5.32 Å². The molecule has 1 N–H and O–H groups in total. The fourth-order valence-corrected chi connectivity index (χ4v) is 6.71. The number of halogens is 1. The second kappa shape index (κ2) is 14.1. The third kappa shape index (κ3) is 8.07. The van der Waals surface area contributed by atoms with E-state index in [9.17, 15) is 22.4 Å². The summed E-state index contributed by atoms with van der Waals surface area (Å²) in [7, 11) is -3.68. The van der Waals surface area contributed by atoms with Crippen LogP contribution in [0.5, 0.6) is 11.5 Å². The zero-order valence-corrected chi connectivity index (χ0v) is 25.6. The number of hydrogen-bond donors (Lipinski definition) is 1. The Kier molecular flexibility index (Phi) is 10.0. The second-order valence-electron chi connectivity index (χ2n) is 11.3. The van der Waals surface area contributed by atoms with Gasteiger partial charge in [-0.15, -0.1) is 0 Å². The van der Waals surface area contributed by atoms with Gasteiger partial charge in [0.1, 0.15) is 11.9 Å². The molecule has 3 aromatic carbocycles. The van der Waals surface area contributed by atoms with Gasteiger partial charge in [0, 0.05) is 38.0 Å². The van der Waals surface area contributed by atoms with Gasteiger partial charge in [-0.25, -0.2) is 12.8 Å². The van der Waals surface area contributed by atoms with Crippen LogP contribution in [0.1, 0.15) is 49.7 Å². The van der Waals surface area contributed by atoms with Crippen molar-refractivity contribution in [3.8, 4) is 11.5 Å². The van der Waals surface area contributed by atoms with Crippen LogP contribution in [0.25, 0.3) is 0 Å². The number of sulfonamides is 1. The Hall–Kier alpha value is -4.12. The first kappa shape index (κ1) is 31.3. The minimum Gasteiger partial charge on any atom is -0.454 e. The summed E-state index contributed by atoms with van der Waals surface area (Å²) in [5.41, 5.74) is 2.00. The van der Waals surface area contributed by atoms with E-state index in [-0.39, 0.29) is 50.6 Å². The number of fused-ring (bicyclic) bond motifs is 1. The van der Waals surface area contributed by atoms with E-state index >= 15 is 0 Å². The van der Waals surface area contributed by atoms with Gasteiger partial charge < -0.3 is 19.7 Å². The maximum absolute atomic E-state index is 14.0. The third-order valence-electron chi connectivity index (χ3n) is 8.04. The van der Waals surface area contributed by atoms with Crippen LogP contribution in [0.4, 0.5) is 10.1 Å². The van der Waals surface area contributed by atoms with Crippen molar-refractivity contribution in [2.45, 2.75) is 63.6 Å². The average Bonchev–Trinajstić information content (AvgIpc) is 3.69. The molecule has 2 aliphatic rings. The van der Waals surface area contributed by atoms with Crippen LogP contribution >= 0.6 is 0 Å². The number of hydrogen-bond acceptors (Lipinski definition) is 6. The normalized spacial score (nSPS) is 15.1. The molecule has 1 fully saturated rings. The highest BCUT2D eigenvalue weighted by Crippen LogP contribution is 2.36. The fraction of sp³-hybridized carbons (Fsp3) is 0.394. The number of benzene rings is 3. The number of anilines is 1. The van der Waals surface area contributed by atoms with E-state index in [1.807, 2.05) is 30.3 Å². The van der Waals surface area contributed by atoms with Gasteiger partial charge in [0.15, 0.2) is 11.5 Å². The number of carbonyl (C=O) groups excluding carboxylic acids is 2. The average molecular weight is 624 g/mol. The van der Waals surface area contributed by atoms with Crippen molar-refractivity contribution in [2.24, 2.45) is 0 Å². The van der Waals surface area contributed by atoms with Crippen molar-refractivity contribution in [2.75, 3.05) is 23.9 Å². The van der Waals surface area contributed by atoms with E-state index < -0.39 is 21.9 Å². The molecule has 0 spiro atoms. The van der Waals surface area contributed by atoms with Gasteiger partial charge in [-0.05, 0) is 54.7 Å². The van der Waals surface area contributed by atoms with Crippen LogP contribution < -0.4 is 19.1 Å². The Labute approximate surface area is 258 Å². The molecule has 0 radical (unpaired) electrons. The second-order valence-corrected chi connectivity index (χ2v) is 13.2. The Morgan fingerprint density at radius 1 is 0.955 bits per heavy atom. The highest BCUT2D eigenvalue weighted by Gasteiger charge is 2.32. The van der Waals surface area contributed by atoms with Gasteiger partial charge in [-0.1, -0.05) is 55.3 Å². The molecule has 11 heteroatoms. The van der Waals surface area contributed by atoms with Gasteiger partial charge in [0.25, 0.3) is 0 Å². The van der Waals surface area contributed by atoms with Crippen LogP contribution in [0.3, 0.4) is 0 Å². The van der Waals surface area contributed by atoms with E-state index in [0.29, 0.717) is 29.2 Å². The topological polar surface area (TPSA) is 105 Å². The Morgan fingerprint density at radius 2 is 1.66 bits per heavy atom. The minimum atomic E-state index is -3.68. The predicted octanol–water partition coefficient (Wildman–Crippen LogP) is 4.80. The number of amides is 2. The molecule has 5 rings (SSSR count). The molecule has 1 saturated carbocycles. The molecular weight excluding hydrogens is 585 g/mol. The first-order valence-electron chi connectivity index (χ1n) is 14.9. The standard InChI is InChI=1S/C33H38FN3O6S/c1-44(40,41)37(28-17-18-30-31(21-28)43-23-42-30)19-7-12-32(38)36(22-25-13-15-26(34)16-14-25)29(20-24-8-3-2-4-9-24)33(39)35-27-10-5-6-11-27/h2-4,8-9,13-18,21,27,29H,5-7,10-12,19-20,22-23H2,1H3,(H,35,39). The lowest BCUT2D eigenvalue weighted by atomic mass is 10.0. The summed E-state index contributed by atoms with van der Waals surface area (Å²) < 4.78 is 51.2. The lowest BCUT2D eigenvalue weighted by molar-refractivity contribution is -0.141. The Bertz CT molecular complexity index is 1550. The van der Waals surface area contributed by atoms with Crippen LogP contribution in [0.15, 0.2) is 72.8 Å². The largest absolute Gasteiger partial charge is 0.454 e. The highest BCUT2D eigenvalue weighted by atomic mass is 32.2. The first-order chi connectivity index (χ1) is 21.2. The van der Waals surface area contributed by atoms with Gasteiger partial charge in [0.2, 0.25) is 28.6 Å². The summed E-state index contributed by atoms with van der Waals surface area (Å²) in [6.45, 7) is 0.216. The molecule has 0 saturated heterocycles. The zero-order chi connectivity index (χ0) is 31.1. The molecular formula is C33H38FN3O6S. The van der Waals surface area contributed by atoms with Crippen LogP contribution in [0, 0.1) is 5.82 Å². The molecule has 3 aromatic rings. The maximum Gasteiger partial charge on any atom is 0.243 e. The van der Waals surface area contributed by atoms with Crippen molar-refractivity contribution >= 4 is 27.5 Å². The molecule has 234 valence electrons. The predicted molar refractivity (Wildman–Crippen MR) is 165 cm³/mol. The van der Waals surface area contributed by atoms with Crippen molar-refractivity contribution in [3.05, 3.63) is 89.7 Å².